The average Bonchev–Trinajstić information content (AvgIpc) is 3.04. The van der Waals surface area contributed by atoms with E-state index in [1.807, 2.05) is 0 Å². The number of nitrogens with zero attached hydrogens (tertiary/aromatic N) is 2. The topological polar surface area (TPSA) is 79.7 Å². The first kappa shape index (κ1) is 19.3. The van der Waals surface area contributed by atoms with Gasteiger partial charge in [-0.2, -0.15) is 0 Å². The summed E-state index contributed by atoms with van der Waals surface area (Å²) in [7, 11) is 0. The molecule has 0 saturated carbocycles. The smallest absolute Gasteiger partial charge is 0.307 e. The Morgan fingerprint density at radius 2 is 2.04 bits per heavy atom. The molecule has 0 bridgehead atoms. The van der Waals surface area contributed by atoms with Crippen molar-refractivity contribution in [2.75, 3.05) is 4.90 Å². The number of aliphatic carboxylic acids is 1. The number of thiazole rings is 1. The highest BCUT2D eigenvalue weighted by atomic mass is 35.5. The molecule has 2 heterocycles. The molecule has 1 aliphatic rings. The second-order valence-electron chi connectivity index (χ2n) is 6.36. The third-order valence-corrected chi connectivity index (χ3v) is 6.50. The standard InChI is InChI=1S/C18H11Cl3N2O4S/c1-18(7-13(24)25)16(26)23(11-6-8(19)2-5-12(11)27-18)17-22-10-4-3-9(20)14(21)15(10)28-17/h2-6H,7H2,1H3,(H,24,25). The molecule has 3 aromatic rings. The minimum Gasteiger partial charge on any atom is -0.481 e. The van der Waals surface area contributed by atoms with E-state index in [0.717, 1.165) is 0 Å². The lowest BCUT2D eigenvalue weighted by atomic mass is 9.97. The predicted molar refractivity (Wildman–Crippen MR) is 110 cm³/mol. The molecule has 0 fully saturated rings. The van der Waals surface area contributed by atoms with Crippen molar-refractivity contribution >= 4 is 79.1 Å². The zero-order chi connectivity index (χ0) is 20.2. The Kier molecular flexibility index (Phi) is 4.66. The van der Waals surface area contributed by atoms with Crippen LogP contribution in [-0.4, -0.2) is 27.6 Å². The molecule has 28 heavy (non-hydrogen) atoms. The summed E-state index contributed by atoms with van der Waals surface area (Å²) in [5.74, 6) is -1.39. The average molecular weight is 458 g/mol. The van der Waals surface area contributed by atoms with Crippen molar-refractivity contribution in [1.29, 1.82) is 0 Å². The summed E-state index contributed by atoms with van der Waals surface area (Å²) >= 11 is 19.6. The Hall–Kier alpha value is -2.06. The van der Waals surface area contributed by atoms with E-state index in [1.54, 1.807) is 30.3 Å². The van der Waals surface area contributed by atoms with E-state index in [2.05, 4.69) is 4.98 Å². The molecule has 1 atom stereocenters. The number of fused-ring (bicyclic) bond motifs is 2. The second-order valence-corrected chi connectivity index (χ2v) is 8.56. The maximum atomic E-state index is 13.3. The van der Waals surface area contributed by atoms with Gasteiger partial charge in [-0.15, -0.1) is 0 Å². The number of benzene rings is 2. The number of hydrogen-bond acceptors (Lipinski definition) is 5. The van der Waals surface area contributed by atoms with Gasteiger partial charge in [-0.1, -0.05) is 46.1 Å². The molecule has 1 aliphatic heterocycles. The van der Waals surface area contributed by atoms with Crippen molar-refractivity contribution in [3.8, 4) is 5.75 Å². The highest BCUT2D eigenvalue weighted by molar-refractivity contribution is 7.23. The van der Waals surface area contributed by atoms with Gasteiger partial charge >= 0.3 is 5.97 Å². The van der Waals surface area contributed by atoms with E-state index < -0.39 is 23.9 Å². The number of amides is 1. The predicted octanol–water partition coefficient (Wildman–Crippen LogP) is 5.55. The van der Waals surface area contributed by atoms with Crippen LogP contribution < -0.4 is 9.64 Å². The lowest BCUT2D eigenvalue weighted by Crippen LogP contribution is -2.53. The van der Waals surface area contributed by atoms with E-state index in [4.69, 9.17) is 39.5 Å². The van der Waals surface area contributed by atoms with Crippen molar-refractivity contribution in [3.05, 3.63) is 45.4 Å². The Balaban J connectivity index is 1.93. The SMILES string of the molecule is CC1(CC(=O)O)Oc2ccc(Cl)cc2N(c2nc3ccc(Cl)c(Cl)c3s2)C1=O. The van der Waals surface area contributed by atoms with Crippen molar-refractivity contribution in [3.63, 3.8) is 0 Å². The fourth-order valence-electron chi connectivity index (χ4n) is 2.99. The van der Waals surface area contributed by atoms with Crippen LogP contribution in [0.1, 0.15) is 13.3 Å². The molecule has 0 aliphatic carbocycles. The van der Waals surface area contributed by atoms with Crippen LogP contribution in [-0.2, 0) is 9.59 Å². The van der Waals surface area contributed by atoms with Crippen molar-refractivity contribution in [2.24, 2.45) is 0 Å². The van der Waals surface area contributed by atoms with E-state index in [0.29, 0.717) is 41.9 Å². The van der Waals surface area contributed by atoms with Crippen LogP contribution in [0.2, 0.25) is 15.1 Å². The van der Waals surface area contributed by atoms with Crippen molar-refractivity contribution in [2.45, 2.75) is 18.9 Å². The summed E-state index contributed by atoms with van der Waals surface area (Å²) < 4.78 is 6.38. The number of carbonyl (C=O) groups is 2. The van der Waals surface area contributed by atoms with Crippen molar-refractivity contribution < 1.29 is 19.4 Å². The molecule has 4 rings (SSSR count). The number of rotatable bonds is 3. The van der Waals surface area contributed by atoms with Gasteiger partial charge in [-0.3, -0.25) is 9.59 Å². The van der Waals surface area contributed by atoms with Crippen molar-refractivity contribution in [1.82, 2.24) is 4.98 Å². The van der Waals surface area contributed by atoms with Gasteiger partial charge in [0.2, 0.25) is 0 Å². The molecule has 1 aromatic heterocycles. The second kappa shape index (κ2) is 6.77. The summed E-state index contributed by atoms with van der Waals surface area (Å²) in [4.78, 5) is 30.4. The number of anilines is 2. The third kappa shape index (κ3) is 3.08. The van der Waals surface area contributed by atoms with Crippen LogP contribution in [0.5, 0.6) is 5.75 Å². The summed E-state index contributed by atoms with van der Waals surface area (Å²) in [6.07, 6.45) is -0.512. The first-order valence-electron chi connectivity index (χ1n) is 7.99. The summed E-state index contributed by atoms with van der Waals surface area (Å²) in [6.45, 7) is 1.44. The van der Waals surface area contributed by atoms with E-state index in [1.165, 1.54) is 23.2 Å². The van der Waals surface area contributed by atoms with E-state index in [9.17, 15) is 14.7 Å². The summed E-state index contributed by atoms with van der Waals surface area (Å²) in [5, 5.41) is 10.7. The summed E-state index contributed by atoms with van der Waals surface area (Å²) in [6, 6.07) is 8.08. The van der Waals surface area contributed by atoms with Gasteiger partial charge in [0.15, 0.2) is 10.7 Å². The fraction of sp³-hybridized carbons (Fsp3) is 0.167. The molecule has 10 heteroatoms. The Morgan fingerprint density at radius 3 is 2.75 bits per heavy atom. The largest absolute Gasteiger partial charge is 0.481 e. The number of halogens is 3. The maximum Gasteiger partial charge on any atom is 0.307 e. The number of carboxylic acid groups (broad SMARTS) is 1. The monoisotopic (exact) mass is 456 g/mol. The Bertz CT molecular complexity index is 1150. The first-order valence-corrected chi connectivity index (χ1v) is 9.94. The first-order chi connectivity index (χ1) is 13.2. The van der Waals surface area contributed by atoms with Gasteiger partial charge < -0.3 is 9.84 Å². The van der Waals surface area contributed by atoms with Crippen LogP contribution in [0.3, 0.4) is 0 Å². The molecule has 0 radical (unpaired) electrons. The van der Waals surface area contributed by atoms with Gasteiger partial charge in [0, 0.05) is 5.02 Å². The molecular formula is C18H11Cl3N2O4S. The highest BCUT2D eigenvalue weighted by Gasteiger charge is 2.48. The van der Waals surface area contributed by atoms with E-state index in [-0.39, 0.29) is 0 Å². The van der Waals surface area contributed by atoms with Gasteiger partial charge in [-0.25, -0.2) is 9.88 Å². The van der Waals surface area contributed by atoms with Crippen LogP contribution in [0.4, 0.5) is 10.8 Å². The lowest BCUT2D eigenvalue weighted by Gasteiger charge is -2.38. The van der Waals surface area contributed by atoms with Gasteiger partial charge in [-0.05, 0) is 37.3 Å². The minimum absolute atomic E-state index is 0.313. The highest BCUT2D eigenvalue weighted by Crippen LogP contribution is 2.47. The molecule has 1 unspecified atom stereocenters. The number of aromatic nitrogens is 1. The zero-order valence-corrected chi connectivity index (χ0v) is 17.3. The van der Waals surface area contributed by atoms with Crippen LogP contribution in [0.25, 0.3) is 10.2 Å². The molecular weight excluding hydrogens is 447 g/mol. The molecule has 1 N–H and O–H groups in total. The number of carbonyl (C=O) groups excluding carboxylic acids is 1. The Labute approximate surface area is 178 Å². The van der Waals surface area contributed by atoms with Crippen LogP contribution >= 0.6 is 46.1 Å². The zero-order valence-electron chi connectivity index (χ0n) is 14.2. The van der Waals surface area contributed by atoms with Crippen LogP contribution in [0, 0.1) is 0 Å². The Morgan fingerprint density at radius 1 is 1.29 bits per heavy atom. The van der Waals surface area contributed by atoms with Crippen LogP contribution in [0.15, 0.2) is 30.3 Å². The quantitative estimate of drug-likeness (QED) is 0.558. The molecule has 0 saturated heterocycles. The van der Waals surface area contributed by atoms with Gasteiger partial charge in [0.1, 0.15) is 5.75 Å². The molecule has 1 amide bonds. The van der Waals surface area contributed by atoms with Gasteiger partial charge in [0.25, 0.3) is 5.91 Å². The normalized spacial score (nSPS) is 18.9. The minimum atomic E-state index is -1.61. The molecule has 0 spiro atoms. The van der Waals surface area contributed by atoms with E-state index >= 15 is 0 Å². The summed E-state index contributed by atoms with van der Waals surface area (Å²) in [5.41, 5.74) is -0.662. The number of hydrogen-bond donors (Lipinski definition) is 1. The molecule has 144 valence electrons. The molecule has 2 aromatic carbocycles. The lowest BCUT2D eigenvalue weighted by molar-refractivity contribution is -0.148. The van der Waals surface area contributed by atoms with Gasteiger partial charge in [0.05, 0.1) is 32.4 Å². The number of ether oxygens (including phenoxy) is 1. The fourth-order valence-corrected chi connectivity index (χ4v) is 4.67. The third-order valence-electron chi connectivity index (χ3n) is 4.27. The maximum absolute atomic E-state index is 13.3. The molecule has 6 nitrogen and oxygen atoms in total. The number of carboxylic acids is 1.